The third-order valence-corrected chi connectivity index (χ3v) is 2.21. The monoisotopic (exact) mass is 249 g/mol. The van der Waals surface area contributed by atoms with Gasteiger partial charge in [0.2, 0.25) is 6.79 Å². The van der Waals surface area contributed by atoms with Gasteiger partial charge in [-0.1, -0.05) is 0 Å². The van der Waals surface area contributed by atoms with Crippen LogP contribution < -0.4 is 20.2 Å². The molecule has 0 atom stereocenters. The van der Waals surface area contributed by atoms with Crippen molar-refractivity contribution in [3.05, 3.63) is 23.8 Å². The topological polar surface area (TPSA) is 89.0 Å². The smallest absolute Gasteiger partial charge is 0.329 e. The lowest BCUT2D eigenvalue weighted by Gasteiger charge is -1.98. The molecule has 1 aliphatic rings. The van der Waals surface area contributed by atoms with Crippen LogP contribution in [0.4, 0.5) is 0 Å². The van der Waals surface area contributed by atoms with E-state index in [9.17, 15) is 9.59 Å². The van der Waals surface area contributed by atoms with Crippen molar-refractivity contribution in [3.63, 3.8) is 0 Å². The molecule has 1 aromatic carbocycles. The van der Waals surface area contributed by atoms with Gasteiger partial charge in [0.15, 0.2) is 11.5 Å². The van der Waals surface area contributed by atoms with Crippen LogP contribution in [-0.2, 0) is 9.59 Å². The van der Waals surface area contributed by atoms with Crippen LogP contribution in [0, 0.1) is 0 Å². The van der Waals surface area contributed by atoms with Crippen molar-refractivity contribution >= 4 is 18.0 Å². The summed E-state index contributed by atoms with van der Waals surface area (Å²) >= 11 is 0. The van der Waals surface area contributed by atoms with E-state index in [0.717, 1.165) is 5.56 Å². The number of nitrogens with zero attached hydrogens (tertiary/aromatic N) is 1. The largest absolute Gasteiger partial charge is 0.454 e. The molecule has 0 aliphatic carbocycles. The number of nitrogens with one attached hydrogen (secondary N) is 2. The van der Waals surface area contributed by atoms with Crippen molar-refractivity contribution in [1.82, 2.24) is 10.7 Å². The molecule has 0 aromatic heterocycles. The van der Waals surface area contributed by atoms with Gasteiger partial charge in [-0.3, -0.25) is 9.59 Å². The van der Waals surface area contributed by atoms with E-state index in [1.807, 2.05) is 0 Å². The second-order valence-electron chi connectivity index (χ2n) is 3.39. The number of ether oxygens (including phenoxy) is 2. The summed E-state index contributed by atoms with van der Waals surface area (Å²) in [7, 11) is 1.36. The molecule has 2 rings (SSSR count). The molecule has 1 heterocycles. The molecular weight excluding hydrogens is 238 g/mol. The average molecular weight is 249 g/mol. The fourth-order valence-corrected chi connectivity index (χ4v) is 1.32. The average Bonchev–Trinajstić information content (AvgIpc) is 2.85. The Morgan fingerprint density at radius 1 is 1.28 bits per heavy atom. The molecule has 2 N–H and O–H groups in total. The van der Waals surface area contributed by atoms with Crippen LogP contribution in [0.5, 0.6) is 11.5 Å². The molecule has 0 fully saturated rings. The molecule has 1 aliphatic heterocycles. The van der Waals surface area contributed by atoms with Gasteiger partial charge >= 0.3 is 11.8 Å². The summed E-state index contributed by atoms with van der Waals surface area (Å²) in [5, 5.41) is 5.84. The standard InChI is InChI=1S/C11H11N3O4/c1-12-10(15)11(16)14-13-5-7-2-3-8-9(4-7)18-6-17-8/h2-5H,6H2,1H3,(H,12,15)(H,14,16)/b13-5-. The lowest BCUT2D eigenvalue weighted by atomic mass is 10.2. The maximum absolute atomic E-state index is 11.1. The molecule has 0 bridgehead atoms. The van der Waals surface area contributed by atoms with Gasteiger partial charge < -0.3 is 14.8 Å². The van der Waals surface area contributed by atoms with E-state index in [1.54, 1.807) is 18.2 Å². The van der Waals surface area contributed by atoms with Crippen LogP contribution in [0.25, 0.3) is 0 Å². The Kier molecular flexibility index (Phi) is 3.42. The summed E-state index contributed by atoms with van der Waals surface area (Å²) in [6.07, 6.45) is 1.41. The van der Waals surface area contributed by atoms with Crippen LogP contribution in [-0.4, -0.2) is 31.9 Å². The Labute approximate surface area is 103 Å². The van der Waals surface area contributed by atoms with Crippen molar-refractivity contribution in [1.29, 1.82) is 0 Å². The summed E-state index contributed by atoms with van der Waals surface area (Å²) in [6, 6.07) is 5.21. The molecule has 0 saturated heterocycles. The van der Waals surface area contributed by atoms with Gasteiger partial charge in [0.05, 0.1) is 6.21 Å². The normalized spacial score (nSPS) is 12.5. The van der Waals surface area contributed by atoms with Crippen molar-refractivity contribution in [2.75, 3.05) is 13.8 Å². The predicted octanol–water partition coefficient (Wildman–Crippen LogP) is -0.389. The molecule has 1 aromatic rings. The predicted molar refractivity (Wildman–Crippen MR) is 62.4 cm³/mol. The second-order valence-corrected chi connectivity index (χ2v) is 3.39. The highest BCUT2D eigenvalue weighted by atomic mass is 16.7. The number of hydrazone groups is 1. The molecule has 0 spiro atoms. The summed E-state index contributed by atoms with van der Waals surface area (Å²) in [5.74, 6) is -0.287. The minimum Gasteiger partial charge on any atom is -0.454 e. The Balaban J connectivity index is 1.97. The zero-order chi connectivity index (χ0) is 13.0. The third-order valence-electron chi connectivity index (χ3n) is 2.21. The van der Waals surface area contributed by atoms with Gasteiger partial charge in [-0.2, -0.15) is 5.10 Å². The molecule has 0 saturated carbocycles. The summed E-state index contributed by atoms with van der Waals surface area (Å²) in [5.41, 5.74) is 2.81. The molecule has 18 heavy (non-hydrogen) atoms. The highest BCUT2D eigenvalue weighted by Crippen LogP contribution is 2.31. The molecular formula is C11H11N3O4. The van der Waals surface area contributed by atoms with Crippen LogP contribution in [0.1, 0.15) is 5.56 Å². The number of hydrogen-bond acceptors (Lipinski definition) is 5. The molecule has 7 nitrogen and oxygen atoms in total. The molecule has 94 valence electrons. The van der Waals surface area contributed by atoms with Gasteiger partial charge in [-0.05, 0) is 23.8 Å². The number of likely N-dealkylation sites (N-methyl/N-ethyl adjacent to an activating group) is 1. The number of hydrogen-bond donors (Lipinski definition) is 2. The minimum atomic E-state index is -0.825. The molecule has 0 unspecified atom stereocenters. The van der Waals surface area contributed by atoms with Crippen molar-refractivity contribution < 1.29 is 19.1 Å². The third kappa shape index (κ3) is 2.57. The van der Waals surface area contributed by atoms with Crippen LogP contribution in [0.3, 0.4) is 0 Å². The zero-order valence-corrected chi connectivity index (χ0v) is 9.60. The van der Waals surface area contributed by atoms with E-state index in [4.69, 9.17) is 9.47 Å². The van der Waals surface area contributed by atoms with Crippen LogP contribution in [0.2, 0.25) is 0 Å². The van der Waals surface area contributed by atoms with E-state index in [0.29, 0.717) is 11.5 Å². The van der Waals surface area contributed by atoms with E-state index in [1.165, 1.54) is 13.3 Å². The van der Waals surface area contributed by atoms with E-state index >= 15 is 0 Å². The summed E-state index contributed by atoms with van der Waals surface area (Å²) in [4.78, 5) is 21.9. The zero-order valence-electron chi connectivity index (χ0n) is 9.60. The minimum absolute atomic E-state index is 0.198. The van der Waals surface area contributed by atoms with Crippen molar-refractivity contribution in [2.45, 2.75) is 0 Å². The number of amides is 2. The van der Waals surface area contributed by atoms with E-state index < -0.39 is 11.8 Å². The maximum Gasteiger partial charge on any atom is 0.329 e. The van der Waals surface area contributed by atoms with Gasteiger partial charge in [0.1, 0.15) is 0 Å². The first-order valence-electron chi connectivity index (χ1n) is 5.15. The fourth-order valence-electron chi connectivity index (χ4n) is 1.32. The number of carbonyl (C=O) groups excluding carboxylic acids is 2. The van der Waals surface area contributed by atoms with Crippen molar-refractivity contribution in [2.24, 2.45) is 5.10 Å². The van der Waals surface area contributed by atoms with Gasteiger partial charge in [0.25, 0.3) is 0 Å². The SMILES string of the molecule is CNC(=O)C(=O)N/N=C\c1ccc2c(c1)OCO2. The van der Waals surface area contributed by atoms with Gasteiger partial charge in [-0.25, -0.2) is 5.43 Å². The first-order valence-corrected chi connectivity index (χ1v) is 5.15. The Morgan fingerprint density at radius 3 is 2.83 bits per heavy atom. The highest BCUT2D eigenvalue weighted by Gasteiger charge is 2.12. The molecule has 0 radical (unpaired) electrons. The lowest BCUT2D eigenvalue weighted by Crippen LogP contribution is -2.35. The van der Waals surface area contributed by atoms with Gasteiger partial charge in [0, 0.05) is 7.05 Å². The molecule has 7 heteroatoms. The first kappa shape index (κ1) is 11.9. The maximum atomic E-state index is 11.1. The Hall–Kier alpha value is -2.57. The number of benzene rings is 1. The number of carbonyl (C=O) groups is 2. The Morgan fingerprint density at radius 2 is 2.06 bits per heavy atom. The first-order chi connectivity index (χ1) is 8.70. The van der Waals surface area contributed by atoms with Crippen LogP contribution in [0.15, 0.2) is 23.3 Å². The highest BCUT2D eigenvalue weighted by molar-refractivity contribution is 6.34. The number of fused-ring (bicyclic) bond motifs is 1. The Bertz CT molecular complexity index is 513. The van der Waals surface area contributed by atoms with E-state index in [-0.39, 0.29) is 6.79 Å². The quantitative estimate of drug-likeness (QED) is 0.424. The summed E-state index contributed by atoms with van der Waals surface area (Å²) < 4.78 is 10.3. The summed E-state index contributed by atoms with van der Waals surface area (Å²) in [6.45, 7) is 0.198. The van der Waals surface area contributed by atoms with Crippen molar-refractivity contribution in [3.8, 4) is 11.5 Å². The fraction of sp³-hybridized carbons (Fsp3) is 0.182. The van der Waals surface area contributed by atoms with E-state index in [2.05, 4.69) is 15.8 Å². The second kappa shape index (κ2) is 5.17. The number of rotatable bonds is 2. The van der Waals surface area contributed by atoms with Gasteiger partial charge in [-0.15, -0.1) is 0 Å². The van der Waals surface area contributed by atoms with Crippen LogP contribution >= 0.6 is 0 Å². The lowest BCUT2D eigenvalue weighted by molar-refractivity contribution is -0.138. The molecule has 2 amide bonds.